The summed E-state index contributed by atoms with van der Waals surface area (Å²) in [5.74, 6) is 0. The fraction of sp³-hybridized carbons (Fsp3) is 0.700. The van der Waals surface area contributed by atoms with E-state index in [1.165, 1.54) is 4.88 Å². The molecule has 0 atom stereocenters. The van der Waals surface area contributed by atoms with Gasteiger partial charge in [-0.25, -0.2) is 4.98 Å². The van der Waals surface area contributed by atoms with Gasteiger partial charge >= 0.3 is 0 Å². The van der Waals surface area contributed by atoms with Gasteiger partial charge in [0.05, 0.1) is 5.69 Å². The number of nitrogens with two attached hydrogens (primary N) is 1. The zero-order chi connectivity index (χ0) is 10.6. The largest absolute Gasteiger partial charge is 0.359 e. The fourth-order valence-corrected chi connectivity index (χ4v) is 2.38. The first kappa shape index (κ1) is 11.5. The molecule has 0 radical (unpaired) electrons. The molecule has 1 aromatic rings. The van der Waals surface area contributed by atoms with Crippen molar-refractivity contribution in [3.05, 3.63) is 10.6 Å². The van der Waals surface area contributed by atoms with E-state index in [2.05, 4.69) is 31.1 Å². The first-order valence-corrected chi connectivity index (χ1v) is 5.88. The van der Waals surface area contributed by atoms with Crippen molar-refractivity contribution in [2.45, 2.75) is 39.7 Å². The first-order valence-electron chi connectivity index (χ1n) is 5.06. The number of nitrogens with one attached hydrogen (secondary N) is 1. The van der Waals surface area contributed by atoms with E-state index >= 15 is 0 Å². The van der Waals surface area contributed by atoms with Crippen LogP contribution in [0.4, 0.5) is 5.13 Å². The Hall–Kier alpha value is -0.610. The number of rotatable bonds is 5. The zero-order valence-corrected chi connectivity index (χ0v) is 9.95. The highest BCUT2D eigenvalue weighted by Gasteiger charge is 2.07. The van der Waals surface area contributed by atoms with Gasteiger partial charge in [-0.1, -0.05) is 0 Å². The van der Waals surface area contributed by atoms with E-state index < -0.39 is 0 Å². The molecule has 0 aromatic carbocycles. The second kappa shape index (κ2) is 5.32. The van der Waals surface area contributed by atoms with Crippen LogP contribution in [0.25, 0.3) is 0 Å². The maximum absolute atomic E-state index is 5.48. The topological polar surface area (TPSA) is 50.9 Å². The summed E-state index contributed by atoms with van der Waals surface area (Å²) in [4.78, 5) is 5.83. The van der Waals surface area contributed by atoms with Gasteiger partial charge in [0.15, 0.2) is 5.13 Å². The van der Waals surface area contributed by atoms with Crippen LogP contribution in [0.15, 0.2) is 0 Å². The molecule has 0 fully saturated rings. The van der Waals surface area contributed by atoms with E-state index in [0.29, 0.717) is 6.04 Å². The Bertz CT molecular complexity index is 281. The summed E-state index contributed by atoms with van der Waals surface area (Å²) in [6.07, 6.45) is 2.10. The van der Waals surface area contributed by atoms with Crippen LogP contribution in [0, 0.1) is 6.92 Å². The van der Waals surface area contributed by atoms with Crippen molar-refractivity contribution in [3.63, 3.8) is 0 Å². The maximum atomic E-state index is 5.48. The highest BCUT2D eigenvalue weighted by atomic mass is 32.1. The minimum Gasteiger partial charge on any atom is -0.359 e. The SMILES string of the molecule is Cc1nc(NC(C)C)sc1CCCN. The lowest BCUT2D eigenvalue weighted by Gasteiger charge is -2.04. The smallest absolute Gasteiger partial charge is 0.183 e. The van der Waals surface area contributed by atoms with Crippen LogP contribution in [-0.2, 0) is 6.42 Å². The average molecular weight is 213 g/mol. The summed E-state index contributed by atoms with van der Waals surface area (Å²) in [6.45, 7) is 7.06. The molecule has 80 valence electrons. The van der Waals surface area contributed by atoms with Gasteiger partial charge in [0, 0.05) is 10.9 Å². The average Bonchev–Trinajstić information content (AvgIpc) is 2.41. The molecule has 14 heavy (non-hydrogen) atoms. The highest BCUT2D eigenvalue weighted by Crippen LogP contribution is 2.24. The van der Waals surface area contributed by atoms with Gasteiger partial charge in [-0.2, -0.15) is 0 Å². The second-order valence-electron chi connectivity index (χ2n) is 3.72. The highest BCUT2D eigenvalue weighted by molar-refractivity contribution is 7.15. The van der Waals surface area contributed by atoms with E-state index in [-0.39, 0.29) is 0 Å². The van der Waals surface area contributed by atoms with Crippen molar-refractivity contribution >= 4 is 16.5 Å². The third-order valence-corrected chi connectivity index (χ3v) is 3.06. The number of aromatic nitrogens is 1. The predicted molar refractivity (Wildman–Crippen MR) is 63.0 cm³/mol. The Kier molecular flexibility index (Phi) is 4.35. The van der Waals surface area contributed by atoms with Crippen LogP contribution in [0.2, 0.25) is 0 Å². The summed E-state index contributed by atoms with van der Waals surface area (Å²) in [5.41, 5.74) is 6.63. The summed E-state index contributed by atoms with van der Waals surface area (Å²) in [7, 11) is 0. The Morgan fingerprint density at radius 1 is 1.50 bits per heavy atom. The standard InChI is InChI=1S/C10H19N3S/c1-7(2)12-10-13-8(3)9(14-10)5-4-6-11/h7H,4-6,11H2,1-3H3,(H,12,13). The first-order chi connectivity index (χ1) is 6.63. The number of hydrogen-bond donors (Lipinski definition) is 2. The van der Waals surface area contributed by atoms with Crippen LogP contribution in [0.5, 0.6) is 0 Å². The molecule has 1 aromatic heterocycles. The predicted octanol–water partition coefficient (Wildman–Crippen LogP) is 2.16. The molecule has 0 saturated heterocycles. The number of nitrogens with zero attached hydrogens (tertiary/aromatic N) is 1. The monoisotopic (exact) mass is 213 g/mol. The molecular weight excluding hydrogens is 194 g/mol. The summed E-state index contributed by atoms with van der Waals surface area (Å²) < 4.78 is 0. The number of hydrogen-bond acceptors (Lipinski definition) is 4. The van der Waals surface area contributed by atoms with Crippen LogP contribution in [-0.4, -0.2) is 17.6 Å². The lowest BCUT2D eigenvalue weighted by Crippen LogP contribution is -2.08. The second-order valence-corrected chi connectivity index (χ2v) is 4.80. The normalized spacial score (nSPS) is 10.9. The summed E-state index contributed by atoms with van der Waals surface area (Å²) in [6, 6.07) is 0.447. The van der Waals surface area contributed by atoms with Crippen LogP contribution in [0.1, 0.15) is 30.8 Å². The molecule has 0 bridgehead atoms. The molecule has 4 heteroatoms. The van der Waals surface area contributed by atoms with Gasteiger partial charge in [0.25, 0.3) is 0 Å². The third kappa shape index (κ3) is 3.27. The van der Waals surface area contributed by atoms with E-state index in [9.17, 15) is 0 Å². The van der Waals surface area contributed by atoms with Gasteiger partial charge in [-0.3, -0.25) is 0 Å². The van der Waals surface area contributed by atoms with Gasteiger partial charge in [-0.05, 0) is 40.2 Å². The Morgan fingerprint density at radius 2 is 2.21 bits per heavy atom. The molecular formula is C10H19N3S. The fourth-order valence-electron chi connectivity index (χ4n) is 1.23. The van der Waals surface area contributed by atoms with Gasteiger partial charge < -0.3 is 11.1 Å². The lowest BCUT2D eigenvalue weighted by molar-refractivity contribution is 0.836. The summed E-state index contributed by atoms with van der Waals surface area (Å²) >= 11 is 1.75. The molecule has 1 heterocycles. The third-order valence-electron chi connectivity index (χ3n) is 1.91. The number of anilines is 1. The molecule has 0 aliphatic heterocycles. The molecule has 0 aliphatic rings. The Morgan fingerprint density at radius 3 is 2.79 bits per heavy atom. The molecule has 3 nitrogen and oxygen atoms in total. The number of aryl methyl sites for hydroxylation is 2. The molecule has 1 rings (SSSR count). The van der Waals surface area contributed by atoms with Crippen molar-refractivity contribution in [1.82, 2.24) is 4.98 Å². The summed E-state index contributed by atoms with van der Waals surface area (Å²) in [5, 5.41) is 4.35. The molecule has 0 unspecified atom stereocenters. The van der Waals surface area contributed by atoms with Crippen molar-refractivity contribution in [3.8, 4) is 0 Å². The Balaban J connectivity index is 2.62. The maximum Gasteiger partial charge on any atom is 0.183 e. The molecule has 0 aliphatic carbocycles. The molecule has 0 spiro atoms. The zero-order valence-electron chi connectivity index (χ0n) is 9.13. The van der Waals surface area contributed by atoms with Crippen LogP contribution < -0.4 is 11.1 Å². The molecule has 0 amide bonds. The van der Waals surface area contributed by atoms with Crippen molar-refractivity contribution in [1.29, 1.82) is 0 Å². The van der Waals surface area contributed by atoms with Crippen LogP contribution in [0.3, 0.4) is 0 Å². The van der Waals surface area contributed by atoms with E-state index in [0.717, 1.165) is 30.2 Å². The van der Waals surface area contributed by atoms with E-state index in [1.807, 2.05) is 0 Å². The van der Waals surface area contributed by atoms with Gasteiger partial charge in [0.2, 0.25) is 0 Å². The lowest BCUT2D eigenvalue weighted by atomic mass is 10.2. The minimum absolute atomic E-state index is 0.447. The minimum atomic E-state index is 0.447. The quantitative estimate of drug-likeness (QED) is 0.788. The van der Waals surface area contributed by atoms with E-state index in [1.54, 1.807) is 11.3 Å². The van der Waals surface area contributed by atoms with Gasteiger partial charge in [-0.15, -0.1) is 11.3 Å². The van der Waals surface area contributed by atoms with Crippen molar-refractivity contribution in [2.75, 3.05) is 11.9 Å². The van der Waals surface area contributed by atoms with Crippen molar-refractivity contribution < 1.29 is 0 Å². The van der Waals surface area contributed by atoms with Crippen LogP contribution >= 0.6 is 11.3 Å². The molecule has 3 N–H and O–H groups in total. The Labute approximate surface area is 89.7 Å². The van der Waals surface area contributed by atoms with Crippen molar-refractivity contribution in [2.24, 2.45) is 5.73 Å². The van der Waals surface area contributed by atoms with E-state index in [4.69, 9.17) is 5.73 Å². The molecule has 0 saturated carbocycles. The van der Waals surface area contributed by atoms with Gasteiger partial charge in [0.1, 0.15) is 0 Å². The number of thiazole rings is 1.